The molecule has 7 heteroatoms. The molecule has 3 aromatic heterocycles. The van der Waals surface area contributed by atoms with Gasteiger partial charge in [-0.3, -0.25) is 9.78 Å². The summed E-state index contributed by atoms with van der Waals surface area (Å²) < 4.78 is 1.61. The number of carbonyl (C=O) groups excluding carboxylic acids is 1. The number of aliphatic hydroxyl groups excluding tert-OH is 1. The van der Waals surface area contributed by atoms with Gasteiger partial charge in [0.25, 0.3) is 5.01 Å². The minimum absolute atomic E-state index is 0.0150. The summed E-state index contributed by atoms with van der Waals surface area (Å²) in [7, 11) is 0. The number of rotatable bonds is 5. The highest BCUT2D eigenvalue weighted by Gasteiger charge is 2.21. The Bertz CT molecular complexity index is 1380. The van der Waals surface area contributed by atoms with E-state index in [-0.39, 0.29) is 12.0 Å². The van der Waals surface area contributed by atoms with Gasteiger partial charge in [-0.15, -0.1) is 23.8 Å². The summed E-state index contributed by atoms with van der Waals surface area (Å²) in [5.41, 5.74) is 3.01. The molecule has 0 amide bonds. The number of para-hydroxylation sites is 1. The molecule has 0 unspecified atom stereocenters. The number of fused-ring (bicyclic) bond motifs is 1. The lowest BCUT2D eigenvalue weighted by Gasteiger charge is -2.18. The summed E-state index contributed by atoms with van der Waals surface area (Å²) in [6.07, 6.45) is 5.08. The van der Waals surface area contributed by atoms with Crippen LogP contribution in [0.25, 0.3) is 21.5 Å². The molecule has 0 saturated carbocycles. The molecule has 0 bridgehead atoms. The highest BCUT2D eigenvalue weighted by atomic mass is 35.5. The van der Waals surface area contributed by atoms with E-state index in [2.05, 4.69) is 9.97 Å². The Morgan fingerprint density at radius 2 is 1.97 bits per heavy atom. The molecule has 5 nitrogen and oxygen atoms in total. The number of hydrogen-bond donors (Lipinski definition) is 1. The van der Waals surface area contributed by atoms with E-state index in [0.29, 0.717) is 21.8 Å². The number of hydrogen-bond acceptors (Lipinski definition) is 4. The summed E-state index contributed by atoms with van der Waals surface area (Å²) in [6, 6.07) is 18.1. The van der Waals surface area contributed by atoms with E-state index in [9.17, 15) is 9.90 Å². The number of carbonyl (C=O) groups is 1. The lowest BCUT2D eigenvalue weighted by Crippen LogP contribution is -2.39. The van der Waals surface area contributed by atoms with Crippen molar-refractivity contribution in [1.82, 2.24) is 9.97 Å². The number of thiazole rings is 1. The van der Waals surface area contributed by atoms with E-state index in [1.54, 1.807) is 52.8 Å². The number of halogens is 1. The average molecular weight is 445 g/mol. The van der Waals surface area contributed by atoms with Gasteiger partial charge in [0, 0.05) is 16.8 Å². The maximum atomic E-state index is 13.3. The number of pyridine rings is 1. The van der Waals surface area contributed by atoms with Crippen molar-refractivity contribution in [2.24, 2.45) is 0 Å². The van der Waals surface area contributed by atoms with Gasteiger partial charge in [0.15, 0.2) is 23.3 Å². The van der Waals surface area contributed by atoms with Gasteiger partial charge in [-0.1, -0.05) is 41.9 Å². The van der Waals surface area contributed by atoms with Crippen molar-refractivity contribution in [3.05, 3.63) is 113 Å². The summed E-state index contributed by atoms with van der Waals surface area (Å²) >= 11 is 7.36. The lowest BCUT2D eigenvalue weighted by molar-refractivity contribution is -0.652. The Hall–Kier alpha value is -3.45. The number of ketones is 1. The minimum atomic E-state index is -0.203. The van der Waals surface area contributed by atoms with Gasteiger partial charge in [0.1, 0.15) is 5.38 Å². The molecule has 0 saturated heterocycles. The Labute approximate surface area is 187 Å². The zero-order valence-electron chi connectivity index (χ0n) is 16.1. The van der Waals surface area contributed by atoms with Gasteiger partial charge >= 0.3 is 0 Å². The summed E-state index contributed by atoms with van der Waals surface area (Å²) in [5.74, 6) is -0.203. The van der Waals surface area contributed by atoms with Crippen molar-refractivity contribution >= 4 is 39.6 Å². The van der Waals surface area contributed by atoms with Crippen LogP contribution in [0.2, 0.25) is 5.02 Å². The van der Waals surface area contributed by atoms with Crippen molar-refractivity contribution in [3.8, 4) is 10.6 Å². The third-order valence-corrected chi connectivity index (χ3v) is 6.08. The van der Waals surface area contributed by atoms with Crippen molar-refractivity contribution in [1.29, 1.82) is 0 Å². The quantitative estimate of drug-likeness (QED) is 0.179. The molecular formula is C24H15ClN3O2S-. The standard InChI is InChI=1S/C24H15ClN3O2S/c25-17-9-7-15(8-10-17)24(30)28-13-19(18-5-1-2-6-21(18)28)22(29)20-14-31-23(27-20)16-4-3-11-26-12-16/h1-14,30H/q-1. The van der Waals surface area contributed by atoms with E-state index in [1.807, 2.05) is 36.4 Å². The first-order chi connectivity index (χ1) is 15.1. The Balaban J connectivity index is 1.56. The van der Waals surface area contributed by atoms with Gasteiger partial charge in [-0.2, -0.15) is 12.1 Å². The SMILES string of the molecule is O=C(c1c[s+][c-](-c2cccnc2)n1)c1c[n+]([C-](O)c2ccc(Cl)cc2)[c-]2ccccc12. The molecule has 5 aromatic rings. The zero-order chi connectivity index (χ0) is 21.4. The highest BCUT2D eigenvalue weighted by Crippen LogP contribution is 2.27. The summed E-state index contributed by atoms with van der Waals surface area (Å²) in [4.78, 5) is 22.0. The molecule has 0 radical (unpaired) electrons. The van der Waals surface area contributed by atoms with Gasteiger partial charge in [-0.25, -0.2) is 0 Å². The fourth-order valence-corrected chi connectivity index (χ4v) is 4.33. The van der Waals surface area contributed by atoms with E-state index < -0.39 is 0 Å². The highest BCUT2D eigenvalue weighted by molar-refractivity contribution is 7.13. The second-order valence-electron chi connectivity index (χ2n) is 6.87. The van der Waals surface area contributed by atoms with Crippen molar-refractivity contribution in [3.63, 3.8) is 0 Å². The third-order valence-electron chi connectivity index (χ3n) is 4.93. The molecule has 0 atom stereocenters. The fourth-order valence-electron chi connectivity index (χ4n) is 3.41. The molecule has 0 aliphatic heterocycles. The molecule has 3 heterocycles. The molecular weight excluding hydrogens is 430 g/mol. The van der Waals surface area contributed by atoms with Crippen molar-refractivity contribution in [2.45, 2.75) is 0 Å². The Morgan fingerprint density at radius 3 is 2.74 bits per heavy atom. The van der Waals surface area contributed by atoms with Crippen LogP contribution in [0.15, 0.2) is 84.6 Å². The topological polar surface area (TPSA) is 67.0 Å². The molecule has 31 heavy (non-hydrogen) atoms. The molecule has 152 valence electrons. The predicted octanol–water partition coefficient (Wildman–Crippen LogP) is 5.01. The van der Waals surface area contributed by atoms with Crippen LogP contribution in [-0.2, 0) is 0 Å². The second kappa shape index (κ2) is 8.00. The predicted molar refractivity (Wildman–Crippen MR) is 120 cm³/mol. The molecule has 2 aromatic carbocycles. The van der Waals surface area contributed by atoms with Crippen LogP contribution in [0.3, 0.4) is 0 Å². The zero-order valence-corrected chi connectivity index (χ0v) is 17.6. The smallest absolute Gasteiger partial charge is 0.250 e. The van der Waals surface area contributed by atoms with Gasteiger partial charge in [0.05, 0.1) is 17.4 Å². The lowest BCUT2D eigenvalue weighted by atomic mass is 10.1. The largest absolute Gasteiger partial charge is 0.382 e. The van der Waals surface area contributed by atoms with Gasteiger partial charge in [0.2, 0.25) is 0 Å². The molecule has 0 spiro atoms. The third kappa shape index (κ3) is 3.61. The normalized spacial score (nSPS) is 11.0. The van der Waals surface area contributed by atoms with Crippen LogP contribution in [0, 0.1) is 6.23 Å². The molecule has 5 rings (SSSR count). The monoisotopic (exact) mass is 444 g/mol. The van der Waals surface area contributed by atoms with Crippen LogP contribution in [0.5, 0.6) is 0 Å². The van der Waals surface area contributed by atoms with Crippen molar-refractivity contribution < 1.29 is 14.5 Å². The number of benzene rings is 2. The summed E-state index contributed by atoms with van der Waals surface area (Å²) in [5, 5.41) is 14.7. The first-order valence-electron chi connectivity index (χ1n) is 9.45. The number of nitrogens with zero attached hydrogens (tertiary/aromatic N) is 3. The first-order valence-corrected chi connectivity index (χ1v) is 10.7. The maximum Gasteiger partial charge on any atom is 0.250 e. The van der Waals surface area contributed by atoms with Gasteiger partial charge < -0.3 is 14.7 Å². The van der Waals surface area contributed by atoms with E-state index in [4.69, 9.17) is 11.6 Å². The van der Waals surface area contributed by atoms with E-state index in [1.165, 1.54) is 11.3 Å². The fraction of sp³-hybridized carbons (Fsp3) is 0. The van der Waals surface area contributed by atoms with Crippen LogP contribution in [-0.4, -0.2) is 20.9 Å². The molecule has 0 fully saturated rings. The van der Waals surface area contributed by atoms with E-state index in [0.717, 1.165) is 21.5 Å². The van der Waals surface area contributed by atoms with Crippen LogP contribution in [0.4, 0.5) is 0 Å². The summed E-state index contributed by atoms with van der Waals surface area (Å²) in [6.45, 7) is 0. The number of aliphatic hydroxyl groups is 1. The molecule has 0 aliphatic rings. The van der Waals surface area contributed by atoms with Crippen LogP contribution < -0.4 is 4.57 Å². The minimum Gasteiger partial charge on any atom is -0.382 e. The van der Waals surface area contributed by atoms with Crippen molar-refractivity contribution in [2.75, 3.05) is 0 Å². The van der Waals surface area contributed by atoms with Gasteiger partial charge in [-0.05, 0) is 17.1 Å². The average Bonchev–Trinajstić information content (AvgIpc) is 3.45. The second-order valence-corrected chi connectivity index (χ2v) is 8.16. The van der Waals surface area contributed by atoms with Crippen LogP contribution >= 0.6 is 22.9 Å². The Morgan fingerprint density at radius 1 is 1.13 bits per heavy atom. The molecule has 1 N–H and O–H groups in total. The van der Waals surface area contributed by atoms with Crippen LogP contribution in [0.1, 0.15) is 21.6 Å². The maximum absolute atomic E-state index is 13.3. The Kier molecular flexibility index (Phi) is 5.03. The first kappa shape index (κ1) is 19.5. The molecule has 0 aliphatic carbocycles. The number of aromatic nitrogens is 3. The van der Waals surface area contributed by atoms with E-state index >= 15 is 0 Å².